The van der Waals surface area contributed by atoms with E-state index in [1.165, 1.54) is 5.57 Å². The lowest BCUT2D eigenvalue weighted by Gasteiger charge is -2.24. The third-order valence-corrected chi connectivity index (χ3v) is 3.74. The number of carbonyl (C=O) groups is 1. The topological polar surface area (TPSA) is 52.6 Å². The highest BCUT2D eigenvalue weighted by Crippen LogP contribution is 2.32. The quantitative estimate of drug-likeness (QED) is 0.681. The van der Waals surface area contributed by atoms with Gasteiger partial charge in [-0.05, 0) is 25.5 Å². The number of hydrogen-bond donors (Lipinski definition) is 2. The number of amides is 1. The first-order chi connectivity index (χ1) is 8.70. The van der Waals surface area contributed by atoms with Crippen molar-refractivity contribution in [3.8, 4) is 0 Å². The number of benzene rings is 1. The average molecular weight is 244 g/mol. The lowest BCUT2D eigenvalue weighted by atomic mass is 10.1. The number of nitrogens with zero attached hydrogens (tertiary/aromatic N) is 1. The molecule has 1 amide bonds. The Morgan fingerprint density at radius 3 is 3.00 bits per heavy atom. The Balaban J connectivity index is 2.04. The van der Waals surface area contributed by atoms with Crippen molar-refractivity contribution in [2.45, 2.75) is 25.6 Å². The van der Waals surface area contributed by atoms with E-state index in [4.69, 9.17) is 0 Å². The van der Waals surface area contributed by atoms with Crippen molar-refractivity contribution >= 4 is 11.6 Å². The van der Waals surface area contributed by atoms with Gasteiger partial charge < -0.3 is 15.3 Å². The minimum Gasteiger partial charge on any atom is -0.372 e. The van der Waals surface area contributed by atoms with Crippen LogP contribution in [0.3, 0.4) is 0 Å². The Kier molecular flexibility index (Phi) is 2.59. The summed E-state index contributed by atoms with van der Waals surface area (Å²) in [5, 5.41) is 13.2. The molecule has 2 N–H and O–H groups in total. The molecular formula is C14H16N2O2. The van der Waals surface area contributed by atoms with Crippen LogP contribution in [0, 0.1) is 0 Å². The molecule has 1 aromatic rings. The van der Waals surface area contributed by atoms with Gasteiger partial charge in [-0.3, -0.25) is 4.79 Å². The highest BCUT2D eigenvalue weighted by atomic mass is 16.3. The highest BCUT2D eigenvalue weighted by Gasteiger charge is 2.39. The van der Waals surface area contributed by atoms with Gasteiger partial charge in [0.05, 0.1) is 11.6 Å². The maximum absolute atomic E-state index is 12.5. The molecule has 0 radical (unpaired) electrons. The first kappa shape index (κ1) is 11.3. The van der Waals surface area contributed by atoms with Crippen molar-refractivity contribution in [1.29, 1.82) is 0 Å². The fourth-order valence-corrected chi connectivity index (χ4v) is 2.70. The molecule has 1 fully saturated rings. The van der Waals surface area contributed by atoms with Crippen LogP contribution in [0.5, 0.6) is 0 Å². The monoisotopic (exact) mass is 244 g/mol. The summed E-state index contributed by atoms with van der Waals surface area (Å²) in [5.41, 5.74) is 2.55. The van der Waals surface area contributed by atoms with Gasteiger partial charge in [0.15, 0.2) is 0 Å². The molecule has 0 saturated carbocycles. The molecule has 18 heavy (non-hydrogen) atoms. The van der Waals surface area contributed by atoms with Crippen molar-refractivity contribution in [3.05, 3.63) is 41.5 Å². The largest absolute Gasteiger partial charge is 0.372 e. The van der Waals surface area contributed by atoms with Gasteiger partial charge in [-0.1, -0.05) is 23.8 Å². The van der Waals surface area contributed by atoms with Crippen molar-refractivity contribution in [2.75, 3.05) is 11.9 Å². The van der Waals surface area contributed by atoms with Gasteiger partial charge in [-0.2, -0.15) is 0 Å². The molecule has 1 aromatic carbocycles. The minimum absolute atomic E-state index is 0.00324. The molecule has 4 heteroatoms. The second-order valence-corrected chi connectivity index (χ2v) is 4.79. The number of carbonyl (C=O) groups excluding carboxylic acids is 1. The molecule has 3 rings (SSSR count). The molecular weight excluding hydrogens is 228 g/mol. The van der Waals surface area contributed by atoms with Gasteiger partial charge in [0, 0.05) is 12.2 Å². The van der Waals surface area contributed by atoms with E-state index < -0.39 is 6.23 Å². The summed E-state index contributed by atoms with van der Waals surface area (Å²) in [6, 6.07) is 7.16. The van der Waals surface area contributed by atoms with Crippen LogP contribution >= 0.6 is 0 Å². The van der Waals surface area contributed by atoms with E-state index in [0.717, 1.165) is 6.42 Å². The first-order valence-corrected chi connectivity index (χ1v) is 6.19. The summed E-state index contributed by atoms with van der Waals surface area (Å²) in [6.07, 6.45) is 2.06. The lowest BCUT2D eigenvalue weighted by Crippen LogP contribution is -2.43. The Hall–Kier alpha value is -1.81. The molecule has 94 valence electrons. The summed E-state index contributed by atoms with van der Waals surface area (Å²) in [5.74, 6) is -0.00324. The number of para-hydroxylation sites is 1. The van der Waals surface area contributed by atoms with E-state index >= 15 is 0 Å². The standard InChI is InChI=1S/C14H16N2O2/c1-2-9-7-12-13(17)15-11-6-4-3-5-10(11)14(18)16(12)8-9/h2-6,12-13,15,17H,7-8H2,1H3/b9-2+/t12-,13+/m1/s1. The molecule has 2 atom stereocenters. The van der Waals surface area contributed by atoms with Crippen LogP contribution in [0.4, 0.5) is 5.69 Å². The van der Waals surface area contributed by atoms with E-state index in [-0.39, 0.29) is 11.9 Å². The number of nitrogens with one attached hydrogen (secondary N) is 1. The highest BCUT2D eigenvalue weighted by molar-refractivity contribution is 6.01. The van der Waals surface area contributed by atoms with Crippen molar-refractivity contribution < 1.29 is 9.90 Å². The zero-order valence-electron chi connectivity index (χ0n) is 10.3. The number of allylic oxidation sites excluding steroid dienone is 1. The molecule has 0 bridgehead atoms. The van der Waals surface area contributed by atoms with Gasteiger partial charge in [0.25, 0.3) is 5.91 Å². The van der Waals surface area contributed by atoms with Gasteiger partial charge in [0.2, 0.25) is 0 Å². The first-order valence-electron chi connectivity index (χ1n) is 6.19. The maximum atomic E-state index is 12.5. The zero-order valence-corrected chi connectivity index (χ0v) is 10.3. The average Bonchev–Trinajstić information content (AvgIpc) is 2.79. The number of rotatable bonds is 0. The molecule has 0 aromatic heterocycles. The molecule has 2 heterocycles. The lowest BCUT2D eigenvalue weighted by molar-refractivity contribution is 0.0582. The van der Waals surface area contributed by atoms with Gasteiger partial charge in [0.1, 0.15) is 6.23 Å². The van der Waals surface area contributed by atoms with E-state index in [9.17, 15) is 9.90 Å². The van der Waals surface area contributed by atoms with Crippen LogP contribution in [0.15, 0.2) is 35.9 Å². The molecule has 1 saturated heterocycles. The molecule has 4 nitrogen and oxygen atoms in total. The maximum Gasteiger partial charge on any atom is 0.256 e. The van der Waals surface area contributed by atoms with Gasteiger partial charge in [-0.15, -0.1) is 0 Å². The Morgan fingerprint density at radius 1 is 1.44 bits per heavy atom. The van der Waals surface area contributed by atoms with Crippen LogP contribution in [-0.4, -0.2) is 34.7 Å². The predicted octanol–water partition coefficient (Wildman–Crippen LogP) is 1.59. The Labute approximate surface area is 106 Å². The minimum atomic E-state index is -0.713. The summed E-state index contributed by atoms with van der Waals surface area (Å²) in [4.78, 5) is 14.2. The van der Waals surface area contributed by atoms with Crippen molar-refractivity contribution in [2.24, 2.45) is 0 Å². The van der Waals surface area contributed by atoms with E-state index in [1.807, 2.05) is 31.2 Å². The SMILES string of the molecule is C/C=C1\C[C@@H]2[C@H](O)Nc3ccccc3C(=O)N2C1. The third kappa shape index (κ3) is 1.61. The predicted molar refractivity (Wildman–Crippen MR) is 69.3 cm³/mol. The number of hydrogen-bond acceptors (Lipinski definition) is 3. The number of anilines is 1. The second kappa shape index (κ2) is 4.14. The third-order valence-electron chi connectivity index (χ3n) is 3.74. The summed E-state index contributed by atoms with van der Waals surface area (Å²) >= 11 is 0. The normalized spacial score (nSPS) is 28.7. The molecule has 2 aliphatic heterocycles. The van der Waals surface area contributed by atoms with Crippen molar-refractivity contribution in [1.82, 2.24) is 4.90 Å². The Morgan fingerprint density at radius 2 is 2.22 bits per heavy atom. The van der Waals surface area contributed by atoms with Crippen LogP contribution in [-0.2, 0) is 0 Å². The van der Waals surface area contributed by atoms with Crippen molar-refractivity contribution in [3.63, 3.8) is 0 Å². The fourth-order valence-electron chi connectivity index (χ4n) is 2.70. The number of aliphatic hydroxyl groups excluding tert-OH is 1. The summed E-state index contributed by atoms with van der Waals surface area (Å²) in [6.45, 7) is 2.59. The second-order valence-electron chi connectivity index (χ2n) is 4.79. The van der Waals surface area contributed by atoms with Gasteiger partial charge in [-0.25, -0.2) is 0 Å². The van der Waals surface area contributed by atoms with E-state index in [2.05, 4.69) is 5.32 Å². The van der Waals surface area contributed by atoms with E-state index in [1.54, 1.807) is 11.0 Å². The molecule has 2 aliphatic rings. The van der Waals surface area contributed by atoms with E-state index in [0.29, 0.717) is 17.8 Å². The smallest absolute Gasteiger partial charge is 0.256 e. The molecule has 0 unspecified atom stereocenters. The van der Waals surface area contributed by atoms with Crippen LogP contribution in [0.2, 0.25) is 0 Å². The van der Waals surface area contributed by atoms with Crippen LogP contribution in [0.25, 0.3) is 0 Å². The number of aliphatic hydroxyl groups is 1. The molecule has 0 aliphatic carbocycles. The molecule has 0 spiro atoms. The Bertz CT molecular complexity index is 524. The van der Waals surface area contributed by atoms with Crippen LogP contribution in [0.1, 0.15) is 23.7 Å². The zero-order chi connectivity index (χ0) is 12.7. The van der Waals surface area contributed by atoms with Gasteiger partial charge >= 0.3 is 0 Å². The fraction of sp³-hybridized carbons (Fsp3) is 0.357. The van der Waals surface area contributed by atoms with Crippen LogP contribution < -0.4 is 5.32 Å². The number of fused-ring (bicyclic) bond motifs is 2. The summed E-state index contributed by atoms with van der Waals surface area (Å²) in [7, 11) is 0. The summed E-state index contributed by atoms with van der Waals surface area (Å²) < 4.78 is 0.